The van der Waals surface area contributed by atoms with E-state index in [2.05, 4.69) is 10.4 Å². The first-order valence-corrected chi connectivity index (χ1v) is 14.8. The molecule has 3 rings (SSSR count). The second-order valence-electron chi connectivity index (χ2n) is 9.92. The van der Waals surface area contributed by atoms with Gasteiger partial charge in [0.15, 0.2) is 0 Å². The number of rotatable bonds is 14. The molecule has 1 fully saturated rings. The highest BCUT2D eigenvalue weighted by molar-refractivity contribution is 7.89. The lowest BCUT2D eigenvalue weighted by molar-refractivity contribution is -0.141. The number of nitrogens with zero attached hydrogens (tertiary/aromatic N) is 3. The number of amides is 2. The van der Waals surface area contributed by atoms with Crippen molar-refractivity contribution in [2.24, 2.45) is 5.92 Å². The largest absolute Gasteiger partial charge is 0.497 e. The molecular weight excluding hydrogens is 572 g/mol. The molecule has 0 aromatic heterocycles. The highest BCUT2D eigenvalue weighted by Crippen LogP contribution is 2.25. The lowest BCUT2D eigenvalue weighted by Crippen LogP contribution is -2.54. The van der Waals surface area contributed by atoms with Crippen LogP contribution in [0.3, 0.4) is 0 Å². The Hall–Kier alpha value is -2.74. The maximum absolute atomic E-state index is 13.9. The maximum Gasteiger partial charge on any atom is 0.262 e. The zero-order valence-corrected chi connectivity index (χ0v) is 25.4. The van der Waals surface area contributed by atoms with Gasteiger partial charge in [0.2, 0.25) is 15.9 Å². The Kier molecular flexibility index (Phi) is 14.0. The van der Waals surface area contributed by atoms with Crippen molar-refractivity contribution in [3.63, 3.8) is 0 Å². The van der Waals surface area contributed by atoms with Gasteiger partial charge in [-0.05, 0) is 35.7 Å². The number of carbonyl (C=O) groups is 2. The number of aliphatic hydroxyl groups excluding tert-OH is 1. The number of sulfonamides is 1. The van der Waals surface area contributed by atoms with Gasteiger partial charge in [0, 0.05) is 45.7 Å². The summed E-state index contributed by atoms with van der Waals surface area (Å²) in [6.07, 6.45) is -0.0866. The van der Waals surface area contributed by atoms with Crippen molar-refractivity contribution in [3.05, 3.63) is 60.2 Å². The predicted octanol–water partition coefficient (Wildman–Crippen LogP) is 1.91. The SMILES string of the molecule is COc1ccc(S(=O)(=O)N(CCC(=O)N2CCN(CCO)CC2)C(C(=O)NOCc2ccccc2)C(C)C)cc1.Cl. The van der Waals surface area contributed by atoms with Crippen molar-refractivity contribution in [3.8, 4) is 5.75 Å². The minimum absolute atomic E-state index is 0. The van der Waals surface area contributed by atoms with Crippen molar-refractivity contribution in [1.82, 2.24) is 19.6 Å². The van der Waals surface area contributed by atoms with Crippen LogP contribution >= 0.6 is 12.4 Å². The summed E-state index contributed by atoms with van der Waals surface area (Å²) < 4.78 is 34.0. The van der Waals surface area contributed by atoms with Crippen molar-refractivity contribution in [1.29, 1.82) is 0 Å². The Bertz CT molecular complexity index is 1190. The van der Waals surface area contributed by atoms with Gasteiger partial charge in [-0.15, -0.1) is 12.4 Å². The van der Waals surface area contributed by atoms with Crippen molar-refractivity contribution >= 4 is 34.2 Å². The van der Waals surface area contributed by atoms with Gasteiger partial charge in [0.25, 0.3) is 5.91 Å². The van der Waals surface area contributed by atoms with E-state index in [0.717, 1.165) is 9.87 Å². The van der Waals surface area contributed by atoms with E-state index in [4.69, 9.17) is 14.7 Å². The number of ether oxygens (including phenoxy) is 1. The van der Waals surface area contributed by atoms with E-state index in [1.54, 1.807) is 18.7 Å². The summed E-state index contributed by atoms with van der Waals surface area (Å²) in [6, 6.07) is 14.1. The summed E-state index contributed by atoms with van der Waals surface area (Å²) in [5.41, 5.74) is 3.26. The molecule has 1 aliphatic rings. The molecular formula is C28H41ClN4O7S. The molecule has 0 bridgehead atoms. The average molecular weight is 613 g/mol. The first-order chi connectivity index (χ1) is 19.2. The molecule has 0 spiro atoms. The molecule has 2 N–H and O–H groups in total. The maximum atomic E-state index is 13.9. The van der Waals surface area contributed by atoms with Gasteiger partial charge in [-0.1, -0.05) is 44.2 Å². The zero-order chi connectivity index (χ0) is 29.1. The molecule has 41 heavy (non-hydrogen) atoms. The van der Waals surface area contributed by atoms with E-state index < -0.39 is 27.9 Å². The van der Waals surface area contributed by atoms with E-state index in [1.807, 2.05) is 30.3 Å². The molecule has 1 heterocycles. The lowest BCUT2D eigenvalue weighted by Gasteiger charge is -2.36. The number of hydrogen-bond donors (Lipinski definition) is 2. The number of β-amino-alcohol motifs (C(OH)–C–C–N with tert-alkyl or cyclic N) is 1. The number of nitrogens with one attached hydrogen (secondary N) is 1. The van der Waals surface area contributed by atoms with E-state index in [1.165, 1.54) is 31.4 Å². The number of halogens is 1. The molecule has 1 atom stereocenters. The normalized spacial score (nSPS) is 14.9. The molecule has 0 radical (unpaired) electrons. The zero-order valence-electron chi connectivity index (χ0n) is 23.8. The quantitative estimate of drug-likeness (QED) is 0.310. The summed E-state index contributed by atoms with van der Waals surface area (Å²) in [6.45, 7) is 6.29. The molecule has 0 aliphatic carbocycles. The molecule has 13 heteroatoms. The number of piperazine rings is 1. The Labute approximate surface area is 248 Å². The van der Waals surface area contributed by atoms with Crippen molar-refractivity contribution in [2.45, 2.75) is 37.8 Å². The molecule has 1 aliphatic heterocycles. The van der Waals surface area contributed by atoms with E-state index >= 15 is 0 Å². The van der Waals surface area contributed by atoms with Crippen LogP contribution in [0.4, 0.5) is 0 Å². The lowest BCUT2D eigenvalue weighted by atomic mass is 10.0. The molecule has 0 saturated carbocycles. The highest BCUT2D eigenvalue weighted by Gasteiger charge is 2.38. The molecule has 1 unspecified atom stereocenters. The van der Waals surface area contributed by atoms with Crippen LogP contribution < -0.4 is 10.2 Å². The molecule has 11 nitrogen and oxygen atoms in total. The minimum Gasteiger partial charge on any atom is -0.497 e. The summed E-state index contributed by atoms with van der Waals surface area (Å²) in [5.74, 6) is -0.742. The van der Waals surface area contributed by atoms with Crippen LogP contribution in [0.25, 0.3) is 0 Å². The number of hydrogen-bond acceptors (Lipinski definition) is 8. The topological polar surface area (TPSA) is 129 Å². The Morgan fingerprint density at radius 1 is 1.02 bits per heavy atom. The van der Waals surface area contributed by atoms with Crippen LogP contribution in [0.5, 0.6) is 5.75 Å². The third-order valence-electron chi connectivity index (χ3n) is 6.82. The first kappa shape index (κ1) is 34.5. The van der Waals surface area contributed by atoms with Crippen LogP contribution in [0, 0.1) is 5.92 Å². The molecule has 2 aromatic carbocycles. The van der Waals surface area contributed by atoms with Gasteiger partial charge in [0.1, 0.15) is 11.8 Å². The first-order valence-electron chi connectivity index (χ1n) is 13.4. The molecule has 1 saturated heterocycles. The smallest absolute Gasteiger partial charge is 0.262 e. The second-order valence-corrected chi connectivity index (χ2v) is 11.8. The standard InChI is InChI=1S/C28H40N4O7S.ClH/c1-22(2)27(28(35)29-39-21-23-7-5-4-6-8-23)32(40(36,37)25-11-9-24(38-3)10-12-25)14-13-26(34)31-17-15-30(16-18-31)19-20-33;/h4-12,22,27,33H,13-21H2,1-3H3,(H,29,35);1H. The molecule has 228 valence electrons. The number of hydroxylamine groups is 1. The van der Waals surface area contributed by atoms with E-state index in [0.29, 0.717) is 38.5 Å². The van der Waals surface area contributed by atoms with Crippen molar-refractivity contribution in [2.75, 3.05) is 53.0 Å². The summed E-state index contributed by atoms with van der Waals surface area (Å²) in [5, 5.41) is 9.16. The number of benzene rings is 2. The van der Waals surface area contributed by atoms with Gasteiger partial charge < -0.3 is 14.7 Å². The minimum atomic E-state index is -4.18. The van der Waals surface area contributed by atoms with E-state index in [9.17, 15) is 18.0 Å². The highest BCUT2D eigenvalue weighted by atomic mass is 35.5. The van der Waals surface area contributed by atoms with Crippen LogP contribution in [0.15, 0.2) is 59.5 Å². The third kappa shape index (κ3) is 9.66. The van der Waals surface area contributed by atoms with E-state index in [-0.39, 0.29) is 49.4 Å². The van der Waals surface area contributed by atoms with Crippen LogP contribution in [0.1, 0.15) is 25.8 Å². The fraction of sp³-hybridized carbons (Fsp3) is 0.500. The van der Waals surface area contributed by atoms with Gasteiger partial charge in [-0.3, -0.25) is 19.3 Å². The van der Waals surface area contributed by atoms with Crippen LogP contribution in [0.2, 0.25) is 0 Å². The Balaban J connectivity index is 0.00000588. The second kappa shape index (κ2) is 16.6. The summed E-state index contributed by atoms with van der Waals surface area (Å²) in [4.78, 5) is 35.6. The van der Waals surface area contributed by atoms with Crippen LogP contribution in [-0.2, 0) is 31.1 Å². The number of aliphatic hydroxyl groups is 1. The van der Waals surface area contributed by atoms with Gasteiger partial charge in [-0.2, -0.15) is 4.31 Å². The molecule has 2 amide bonds. The average Bonchev–Trinajstić information content (AvgIpc) is 2.95. The summed E-state index contributed by atoms with van der Waals surface area (Å²) >= 11 is 0. The number of carbonyl (C=O) groups excluding carboxylic acids is 2. The van der Waals surface area contributed by atoms with Crippen molar-refractivity contribution < 1.29 is 32.7 Å². The van der Waals surface area contributed by atoms with Crippen LogP contribution in [-0.4, -0.2) is 98.5 Å². The van der Waals surface area contributed by atoms with Gasteiger partial charge in [0.05, 0.1) is 25.2 Å². The number of methoxy groups -OCH3 is 1. The third-order valence-corrected chi connectivity index (χ3v) is 8.71. The summed E-state index contributed by atoms with van der Waals surface area (Å²) in [7, 11) is -2.69. The van der Waals surface area contributed by atoms with Gasteiger partial charge in [-0.25, -0.2) is 13.9 Å². The monoisotopic (exact) mass is 612 g/mol. The fourth-order valence-corrected chi connectivity index (χ4v) is 6.33. The molecule has 2 aromatic rings. The fourth-order valence-electron chi connectivity index (χ4n) is 4.61. The van der Waals surface area contributed by atoms with Gasteiger partial charge >= 0.3 is 0 Å². The Morgan fingerprint density at radius 2 is 1.66 bits per heavy atom. The Morgan fingerprint density at radius 3 is 2.22 bits per heavy atom. The predicted molar refractivity (Wildman–Crippen MR) is 157 cm³/mol.